The van der Waals surface area contributed by atoms with Gasteiger partial charge in [-0.25, -0.2) is 8.42 Å². The van der Waals surface area contributed by atoms with E-state index in [1.807, 2.05) is 25.1 Å². The summed E-state index contributed by atoms with van der Waals surface area (Å²) in [5.74, 6) is -0.442. The molecule has 2 rings (SSSR count). The molecule has 0 bridgehead atoms. The van der Waals surface area contributed by atoms with Gasteiger partial charge in [0.2, 0.25) is 5.91 Å². The summed E-state index contributed by atoms with van der Waals surface area (Å²) < 4.78 is 23.5. The zero-order valence-electron chi connectivity index (χ0n) is 13.8. The predicted octanol–water partition coefficient (Wildman–Crippen LogP) is 3.11. The van der Waals surface area contributed by atoms with Gasteiger partial charge in [0.1, 0.15) is 4.75 Å². The molecule has 0 aliphatic heterocycles. The minimum Gasteiger partial charge on any atom is -0.324 e. The third kappa shape index (κ3) is 2.91. The molecule has 22 heavy (non-hydrogen) atoms. The molecule has 1 fully saturated rings. The largest absolute Gasteiger partial charge is 0.324 e. The van der Waals surface area contributed by atoms with Crippen LogP contribution in [0.25, 0.3) is 0 Å². The van der Waals surface area contributed by atoms with E-state index in [2.05, 4.69) is 12.2 Å². The van der Waals surface area contributed by atoms with Gasteiger partial charge in [-0.3, -0.25) is 4.79 Å². The number of carbonyl (C=O) groups is 1. The van der Waals surface area contributed by atoms with Crippen molar-refractivity contribution in [1.82, 2.24) is 0 Å². The Balaban J connectivity index is 2.29. The quantitative estimate of drug-likeness (QED) is 0.875. The maximum atomic E-state index is 12.6. The van der Waals surface area contributed by atoms with Crippen molar-refractivity contribution in [2.75, 3.05) is 5.32 Å². The smallest absolute Gasteiger partial charge is 0.245 e. The lowest BCUT2D eigenvalue weighted by Crippen LogP contribution is -2.46. The summed E-state index contributed by atoms with van der Waals surface area (Å²) in [7, 11) is -3.43. The molecule has 1 aromatic rings. The first-order valence-electron chi connectivity index (χ1n) is 7.91. The highest BCUT2D eigenvalue weighted by atomic mass is 32.2. The molecule has 1 amide bonds. The molecule has 0 unspecified atom stereocenters. The van der Waals surface area contributed by atoms with Crippen molar-refractivity contribution in [3.05, 3.63) is 29.3 Å². The van der Waals surface area contributed by atoms with Crippen LogP contribution in [0.2, 0.25) is 0 Å². The molecule has 1 saturated carbocycles. The van der Waals surface area contributed by atoms with E-state index >= 15 is 0 Å². The van der Waals surface area contributed by atoms with Gasteiger partial charge in [-0.2, -0.15) is 0 Å². The lowest BCUT2D eigenvalue weighted by Gasteiger charge is -2.25. The van der Waals surface area contributed by atoms with E-state index in [1.54, 1.807) is 0 Å². The number of carbonyl (C=O) groups excluding carboxylic acids is 1. The summed E-state index contributed by atoms with van der Waals surface area (Å²) in [5, 5.41) is 2.50. The summed E-state index contributed by atoms with van der Waals surface area (Å²) in [6.07, 6.45) is 3.03. The zero-order valence-corrected chi connectivity index (χ0v) is 14.6. The van der Waals surface area contributed by atoms with Crippen molar-refractivity contribution in [1.29, 1.82) is 0 Å². The van der Waals surface area contributed by atoms with Gasteiger partial charge >= 0.3 is 0 Å². The van der Waals surface area contributed by atoms with Crippen molar-refractivity contribution < 1.29 is 13.2 Å². The number of anilines is 1. The molecule has 0 aromatic heterocycles. The first-order chi connectivity index (χ1) is 10.3. The Hall–Kier alpha value is -1.36. The average molecular weight is 323 g/mol. The summed E-state index contributed by atoms with van der Waals surface area (Å²) in [4.78, 5) is 12.6. The van der Waals surface area contributed by atoms with Crippen LogP contribution in [0.1, 0.15) is 51.7 Å². The topological polar surface area (TPSA) is 63.2 Å². The van der Waals surface area contributed by atoms with Crippen molar-refractivity contribution in [3.63, 3.8) is 0 Å². The number of sulfone groups is 1. The minimum atomic E-state index is -3.43. The van der Waals surface area contributed by atoms with Gasteiger partial charge in [-0.15, -0.1) is 0 Å². The molecule has 1 aromatic carbocycles. The summed E-state index contributed by atoms with van der Waals surface area (Å²) in [6.45, 7) is 7.12. The molecule has 1 N–H and O–H groups in total. The molecular formula is C17H25NO3S. The number of hydrogen-bond acceptors (Lipinski definition) is 3. The predicted molar refractivity (Wildman–Crippen MR) is 89.8 cm³/mol. The van der Waals surface area contributed by atoms with Crippen LogP contribution in [0.15, 0.2) is 18.2 Å². The third-order valence-corrected chi connectivity index (χ3v) is 7.43. The normalized spacial score (nSPS) is 15.6. The summed E-state index contributed by atoms with van der Waals surface area (Å²) >= 11 is 0. The van der Waals surface area contributed by atoms with Crippen LogP contribution in [0.5, 0.6) is 0 Å². The lowest BCUT2D eigenvalue weighted by atomic mass is 10.0. The molecular weight excluding hydrogens is 298 g/mol. The highest BCUT2D eigenvalue weighted by molar-refractivity contribution is 7.94. The zero-order chi connectivity index (χ0) is 16.5. The highest BCUT2D eigenvalue weighted by Crippen LogP contribution is 2.36. The van der Waals surface area contributed by atoms with E-state index in [0.717, 1.165) is 24.1 Å². The number of amides is 1. The van der Waals surface area contributed by atoms with E-state index in [1.165, 1.54) is 19.4 Å². The first kappa shape index (κ1) is 17.0. The second-order valence-corrected chi connectivity index (χ2v) is 9.14. The molecule has 0 saturated heterocycles. The van der Waals surface area contributed by atoms with Gasteiger partial charge in [0, 0.05) is 5.69 Å². The lowest BCUT2D eigenvalue weighted by molar-refractivity contribution is -0.117. The summed E-state index contributed by atoms with van der Waals surface area (Å²) in [5.41, 5.74) is 2.99. The summed E-state index contributed by atoms with van der Waals surface area (Å²) in [6, 6.07) is 5.78. The molecule has 0 atom stereocenters. The Labute approximate surface area is 133 Å². The number of aryl methyl sites for hydroxylation is 1. The third-order valence-electron chi connectivity index (χ3n) is 4.48. The standard InChI is InChI=1S/C17H25NO3S/c1-5-12-8-7-9-15(14(12)6-2)18-16(19)17(3,4)22(20,21)13-10-11-13/h7-9,13H,5-6,10-11H2,1-4H3,(H,18,19). The van der Waals surface area contributed by atoms with E-state index < -0.39 is 20.5 Å². The van der Waals surface area contributed by atoms with Crippen LogP contribution in [0.3, 0.4) is 0 Å². The van der Waals surface area contributed by atoms with Crippen LogP contribution in [0.4, 0.5) is 5.69 Å². The van der Waals surface area contributed by atoms with Crippen molar-refractivity contribution >= 4 is 21.4 Å². The molecule has 0 radical (unpaired) electrons. The molecule has 4 nitrogen and oxygen atoms in total. The molecule has 0 heterocycles. The first-order valence-corrected chi connectivity index (χ1v) is 9.46. The van der Waals surface area contributed by atoms with Crippen LogP contribution in [0, 0.1) is 0 Å². The van der Waals surface area contributed by atoms with Gasteiger partial charge in [0.05, 0.1) is 5.25 Å². The Morgan fingerprint density at radius 2 is 1.86 bits per heavy atom. The molecule has 5 heteroatoms. The SMILES string of the molecule is CCc1cccc(NC(=O)C(C)(C)S(=O)(=O)C2CC2)c1CC. The van der Waals surface area contributed by atoms with Crippen molar-refractivity contribution in [2.45, 2.75) is 63.4 Å². The molecule has 1 aliphatic rings. The van der Waals surface area contributed by atoms with E-state index in [9.17, 15) is 13.2 Å². The van der Waals surface area contributed by atoms with Gasteiger partial charge < -0.3 is 5.32 Å². The van der Waals surface area contributed by atoms with Crippen molar-refractivity contribution in [3.8, 4) is 0 Å². The number of hydrogen-bond donors (Lipinski definition) is 1. The van der Waals surface area contributed by atoms with E-state index in [4.69, 9.17) is 0 Å². The Bertz CT molecular complexity index is 673. The molecule has 0 spiro atoms. The van der Waals surface area contributed by atoms with E-state index in [0.29, 0.717) is 12.8 Å². The van der Waals surface area contributed by atoms with Crippen LogP contribution >= 0.6 is 0 Å². The molecule has 122 valence electrons. The monoisotopic (exact) mass is 323 g/mol. The molecule has 1 aliphatic carbocycles. The Kier molecular flexibility index (Phi) is 4.66. The van der Waals surface area contributed by atoms with Gasteiger partial charge in [0.15, 0.2) is 9.84 Å². The maximum Gasteiger partial charge on any atom is 0.245 e. The fraction of sp³-hybridized carbons (Fsp3) is 0.588. The second-order valence-electron chi connectivity index (χ2n) is 6.36. The highest BCUT2D eigenvalue weighted by Gasteiger charge is 2.50. The minimum absolute atomic E-state index is 0.346. The van der Waals surface area contributed by atoms with Crippen LogP contribution < -0.4 is 5.32 Å². The Morgan fingerprint density at radius 3 is 2.36 bits per heavy atom. The van der Waals surface area contributed by atoms with Gasteiger partial charge in [-0.1, -0.05) is 26.0 Å². The van der Waals surface area contributed by atoms with Gasteiger partial charge in [-0.05, 0) is 56.7 Å². The van der Waals surface area contributed by atoms with Gasteiger partial charge in [0.25, 0.3) is 0 Å². The van der Waals surface area contributed by atoms with Crippen molar-refractivity contribution in [2.24, 2.45) is 0 Å². The number of rotatable bonds is 6. The van der Waals surface area contributed by atoms with Crippen LogP contribution in [-0.4, -0.2) is 24.3 Å². The average Bonchev–Trinajstić information content (AvgIpc) is 3.31. The number of benzene rings is 1. The van der Waals surface area contributed by atoms with Crippen LogP contribution in [-0.2, 0) is 27.5 Å². The van der Waals surface area contributed by atoms with E-state index in [-0.39, 0.29) is 5.25 Å². The Morgan fingerprint density at radius 1 is 1.23 bits per heavy atom. The second kappa shape index (κ2) is 6.03. The maximum absolute atomic E-state index is 12.6. The number of nitrogens with one attached hydrogen (secondary N) is 1. The fourth-order valence-corrected chi connectivity index (χ4v) is 4.60. The fourth-order valence-electron chi connectivity index (χ4n) is 2.70.